The summed E-state index contributed by atoms with van der Waals surface area (Å²) < 4.78 is 59.7. The maximum absolute atomic E-state index is 9.78. The van der Waals surface area contributed by atoms with E-state index in [1.54, 1.807) is 56.9 Å². The molecule has 712 valence electrons. The highest BCUT2D eigenvalue weighted by atomic mass is 16.6. The molecule has 3 saturated carbocycles. The average molecular weight is 1650 g/mol. The number of ether oxygens (including phenoxy) is 11. The molecule has 3 aliphatic rings. The van der Waals surface area contributed by atoms with Crippen molar-refractivity contribution >= 4 is 0 Å². The monoisotopic (exact) mass is 1650 g/mol. The predicted molar refractivity (Wildman–Crippen MR) is 515 cm³/mol. The summed E-state index contributed by atoms with van der Waals surface area (Å²) in [6.45, 7) is 102. The molecule has 0 spiro atoms. The molecule has 0 saturated heterocycles. The zero-order valence-corrected chi connectivity index (χ0v) is 82.2. The highest BCUT2D eigenvalue weighted by Gasteiger charge is 2.50. The largest absolute Gasteiger partial charge is 0.392 e. The minimum absolute atomic E-state index is 0. The molecular formula is C101H230O13. The van der Waals surface area contributed by atoms with Crippen molar-refractivity contribution < 1.29 is 62.3 Å². The van der Waals surface area contributed by atoms with E-state index in [0.29, 0.717) is 49.5 Å². The summed E-state index contributed by atoms with van der Waals surface area (Å²) in [6.07, 6.45) is 11.4. The van der Waals surface area contributed by atoms with Crippen LogP contribution in [0.15, 0.2) is 0 Å². The molecule has 3 rings (SSSR count). The Balaban J connectivity index is -0.0000000817. The van der Waals surface area contributed by atoms with Crippen LogP contribution >= 0.6 is 0 Å². The fourth-order valence-corrected chi connectivity index (χ4v) is 17.2. The number of methoxy groups -OCH3 is 9. The fraction of sp³-hybridized carbons (Fsp3) is 1.00. The summed E-state index contributed by atoms with van der Waals surface area (Å²) in [5.74, 6) is 0. The van der Waals surface area contributed by atoms with E-state index in [1.165, 1.54) is 51.4 Å². The minimum atomic E-state index is -0.229. The molecule has 0 bridgehead atoms. The SMILES string of the molecule is C.C.C.C.C.C.C.C.CC(C)(C)[C@@H](O)C1(C)CC1.CC(C)(C)[C@H](O)C1(C)CC1.COC(C(C)(C)C)C(C)(C)C.COC(C(C)(C)C)C(C)(C)C.COCC1(C(C)(C)C)CCCC1.COCCOC(C(C)(C)C)C(C)(C)C.COCCOC(C(C)(C)C)C(C)(C)C.CO[C@@H](C(C)(C)C)C(C)(C)OC.CO[C@H](C(C)(C)C)C(C)(C)OC. The third-order valence-electron chi connectivity index (χ3n) is 20.9. The van der Waals surface area contributed by atoms with Crippen molar-refractivity contribution in [3.05, 3.63) is 0 Å². The van der Waals surface area contributed by atoms with Crippen LogP contribution in [-0.4, -0.2) is 167 Å². The molecule has 13 nitrogen and oxygen atoms in total. The smallest absolute Gasteiger partial charge is 0.0903 e. The molecule has 0 aromatic rings. The first-order chi connectivity index (χ1) is 46.5. The Bertz CT molecular complexity index is 1980. The Hall–Kier alpha value is -0.520. The van der Waals surface area contributed by atoms with E-state index in [-0.39, 0.29) is 183 Å². The van der Waals surface area contributed by atoms with E-state index >= 15 is 0 Å². The molecule has 3 fully saturated rings. The number of aliphatic hydroxyl groups excluding tert-OH is 2. The first-order valence-electron chi connectivity index (χ1n) is 40.8. The Morgan fingerprint density at radius 3 is 0.518 bits per heavy atom. The van der Waals surface area contributed by atoms with Gasteiger partial charge in [-0.2, -0.15) is 0 Å². The maximum atomic E-state index is 9.78. The standard InChI is InChI=1S/2C12H26O2.C11H22O.2C10H22O2.2C10H22O.2C9H18O.8CH4/c2*1-11(2,3)10(12(4,5)6)14-9-8-13-7;1-10(2,3)11(9-12-4)7-5-6-8-11;2*1-9(2,3)8(11-6)10(4,5)12-7;2*1-9(2,3)8(11-7)10(4,5)6;2*1-8(2,3)7(10)9(4)5-6-9;;;;;;;;/h2*10H,8-9H2,1-7H3;5-9H2,1-4H3;2*8H,1-7H3;2*8H,1-7H3;2*7,10H,5-6H2,1-4H3;8*1H4/t;;;2*8-;;;2*7-;;;;;;;;/m...10..10......../s1. The zero-order valence-electron chi connectivity index (χ0n) is 82.2. The average Bonchev–Trinajstić information content (AvgIpc) is 1.64. The molecule has 0 aromatic carbocycles. The third kappa shape index (κ3) is 59.3. The van der Waals surface area contributed by atoms with E-state index in [2.05, 4.69) is 284 Å². The lowest BCUT2D eigenvalue weighted by molar-refractivity contribution is -0.136. The molecule has 0 radical (unpaired) electrons. The lowest BCUT2D eigenvalue weighted by Crippen LogP contribution is -2.47. The van der Waals surface area contributed by atoms with Gasteiger partial charge in [-0.1, -0.05) is 356 Å². The van der Waals surface area contributed by atoms with E-state index in [1.807, 2.05) is 34.8 Å². The third-order valence-corrected chi connectivity index (χ3v) is 20.9. The zero-order chi connectivity index (χ0) is 86.6. The number of rotatable bonds is 20. The van der Waals surface area contributed by atoms with Crippen molar-refractivity contribution in [1.82, 2.24) is 0 Å². The normalized spacial score (nSPS) is 16.5. The van der Waals surface area contributed by atoms with Gasteiger partial charge in [-0.15, -0.1) is 0 Å². The molecule has 13 heteroatoms. The fourth-order valence-electron chi connectivity index (χ4n) is 17.2. The van der Waals surface area contributed by atoms with Crippen molar-refractivity contribution in [2.75, 3.05) is 97.0 Å². The molecule has 0 aromatic heterocycles. The molecule has 114 heavy (non-hydrogen) atoms. The molecule has 0 aliphatic heterocycles. The number of hydrogen-bond donors (Lipinski definition) is 2. The van der Waals surface area contributed by atoms with Gasteiger partial charge < -0.3 is 62.3 Å². The molecular weight excluding hydrogens is 1420 g/mol. The predicted octanol–water partition coefficient (Wildman–Crippen LogP) is 30.1. The van der Waals surface area contributed by atoms with Gasteiger partial charge in [-0.3, -0.25) is 0 Å². The van der Waals surface area contributed by atoms with Crippen molar-refractivity contribution in [2.24, 2.45) is 86.6 Å². The highest BCUT2D eigenvalue weighted by molar-refractivity contribution is 5.01. The summed E-state index contributed by atoms with van der Waals surface area (Å²) >= 11 is 0. The van der Waals surface area contributed by atoms with E-state index in [0.717, 1.165) is 6.61 Å². The van der Waals surface area contributed by atoms with Crippen LogP contribution in [0.4, 0.5) is 0 Å². The van der Waals surface area contributed by atoms with Crippen LogP contribution in [0.3, 0.4) is 0 Å². The summed E-state index contributed by atoms with van der Waals surface area (Å²) in [5, 5.41) is 19.6. The van der Waals surface area contributed by atoms with Crippen molar-refractivity contribution in [3.8, 4) is 0 Å². The topological polar surface area (TPSA) is 142 Å². The quantitative estimate of drug-likeness (QED) is 0.112. The van der Waals surface area contributed by atoms with Crippen LogP contribution < -0.4 is 0 Å². The summed E-state index contributed by atoms with van der Waals surface area (Å²) in [6, 6.07) is 0. The molecule has 2 N–H and O–H groups in total. The number of hydrogen-bond acceptors (Lipinski definition) is 13. The van der Waals surface area contributed by atoms with Crippen LogP contribution in [0.1, 0.15) is 422 Å². The maximum Gasteiger partial charge on any atom is 0.0903 e. The lowest BCUT2D eigenvalue weighted by atomic mass is 9.66. The van der Waals surface area contributed by atoms with Gasteiger partial charge in [0, 0.05) is 64.0 Å². The lowest BCUT2D eigenvalue weighted by Gasteiger charge is -2.41. The van der Waals surface area contributed by atoms with E-state index < -0.39 is 0 Å². The van der Waals surface area contributed by atoms with Gasteiger partial charge in [-0.05, 0) is 153 Å². The summed E-state index contributed by atoms with van der Waals surface area (Å²) in [5.41, 5.74) is 2.84. The van der Waals surface area contributed by atoms with Crippen molar-refractivity contribution in [3.63, 3.8) is 0 Å². The van der Waals surface area contributed by atoms with Gasteiger partial charge in [0.25, 0.3) is 0 Å². The molecule has 4 atom stereocenters. The Kier molecular flexibility index (Phi) is 73.6. The number of aliphatic hydroxyl groups is 2. The molecule has 3 aliphatic carbocycles. The van der Waals surface area contributed by atoms with E-state index in [9.17, 15) is 10.2 Å². The Morgan fingerprint density at radius 1 is 0.246 bits per heavy atom. The van der Waals surface area contributed by atoms with Crippen LogP contribution in [0.25, 0.3) is 0 Å². The van der Waals surface area contributed by atoms with Crippen molar-refractivity contribution in [2.45, 2.75) is 482 Å². The van der Waals surface area contributed by atoms with Gasteiger partial charge in [0.05, 0.1) is 93.1 Å². The van der Waals surface area contributed by atoms with Gasteiger partial charge in [0.15, 0.2) is 0 Å². The first-order valence-corrected chi connectivity index (χ1v) is 40.8. The van der Waals surface area contributed by atoms with Gasteiger partial charge in [-0.25, -0.2) is 0 Å². The second-order valence-corrected chi connectivity index (χ2v) is 47.2. The van der Waals surface area contributed by atoms with Crippen LogP contribution in [0, 0.1) is 86.6 Å². The molecule has 0 unspecified atom stereocenters. The van der Waals surface area contributed by atoms with Crippen LogP contribution in [0.5, 0.6) is 0 Å². The second kappa shape index (κ2) is 57.8. The first kappa shape index (κ1) is 145. The summed E-state index contributed by atoms with van der Waals surface area (Å²) in [7, 11) is 15.7. The Morgan fingerprint density at radius 2 is 0.430 bits per heavy atom. The van der Waals surface area contributed by atoms with Gasteiger partial charge in [0.2, 0.25) is 0 Å². The highest BCUT2D eigenvalue weighted by Crippen LogP contribution is 2.54. The molecule has 0 heterocycles. The Labute approximate surface area is 724 Å². The molecule has 0 amide bonds. The van der Waals surface area contributed by atoms with Crippen LogP contribution in [0.2, 0.25) is 0 Å². The summed E-state index contributed by atoms with van der Waals surface area (Å²) in [4.78, 5) is 0. The van der Waals surface area contributed by atoms with Crippen LogP contribution in [-0.2, 0) is 52.1 Å². The van der Waals surface area contributed by atoms with Crippen molar-refractivity contribution in [1.29, 1.82) is 0 Å². The van der Waals surface area contributed by atoms with Gasteiger partial charge >= 0.3 is 0 Å². The van der Waals surface area contributed by atoms with Gasteiger partial charge in [0.1, 0.15) is 0 Å². The second-order valence-electron chi connectivity index (χ2n) is 47.2. The minimum Gasteiger partial charge on any atom is -0.392 e. The van der Waals surface area contributed by atoms with E-state index in [4.69, 9.17) is 52.1 Å².